The number of benzene rings is 2. The van der Waals surface area contributed by atoms with E-state index in [0.29, 0.717) is 5.56 Å². The average Bonchev–Trinajstić information content (AvgIpc) is 2.58. The van der Waals surface area contributed by atoms with E-state index in [-0.39, 0.29) is 11.8 Å². The first kappa shape index (κ1) is 18.4. The topological polar surface area (TPSA) is 95.5 Å². The van der Waals surface area contributed by atoms with Crippen LogP contribution in [-0.4, -0.2) is 35.0 Å². The third-order valence-electron chi connectivity index (χ3n) is 4.01. The van der Waals surface area contributed by atoms with Crippen LogP contribution in [0.2, 0.25) is 0 Å². The highest BCUT2D eigenvalue weighted by molar-refractivity contribution is 6.08. The molecule has 6 nitrogen and oxygen atoms in total. The van der Waals surface area contributed by atoms with Crippen molar-refractivity contribution in [1.29, 1.82) is 0 Å². The molecule has 0 bridgehead atoms. The van der Waals surface area contributed by atoms with E-state index in [1.54, 1.807) is 26.0 Å². The standard InChI is InChI=1S/C19H22N2O4/c1-11(2)16(19(24)25)21-17(22)12(3)20-18(23)15-10-6-8-13-7-4-5-9-14(13)15/h4-12,16H,1-3H3,(H,20,23)(H,21,22)(H,24,25). The molecule has 0 aliphatic heterocycles. The average molecular weight is 342 g/mol. The molecule has 0 aromatic heterocycles. The van der Waals surface area contributed by atoms with Gasteiger partial charge in [-0.2, -0.15) is 0 Å². The van der Waals surface area contributed by atoms with Crippen molar-refractivity contribution in [2.45, 2.75) is 32.9 Å². The van der Waals surface area contributed by atoms with Crippen LogP contribution in [0.1, 0.15) is 31.1 Å². The Hall–Kier alpha value is -2.89. The van der Waals surface area contributed by atoms with Crippen molar-refractivity contribution in [1.82, 2.24) is 10.6 Å². The summed E-state index contributed by atoms with van der Waals surface area (Å²) < 4.78 is 0. The highest BCUT2D eigenvalue weighted by atomic mass is 16.4. The van der Waals surface area contributed by atoms with Gasteiger partial charge < -0.3 is 15.7 Å². The Labute approximate surface area is 146 Å². The van der Waals surface area contributed by atoms with E-state index in [1.165, 1.54) is 6.92 Å². The monoisotopic (exact) mass is 342 g/mol. The summed E-state index contributed by atoms with van der Waals surface area (Å²) in [6.07, 6.45) is 0. The number of aliphatic carboxylic acids is 1. The second-order valence-electron chi connectivity index (χ2n) is 6.29. The van der Waals surface area contributed by atoms with Crippen molar-refractivity contribution >= 4 is 28.6 Å². The number of nitrogens with one attached hydrogen (secondary N) is 2. The van der Waals surface area contributed by atoms with Crippen LogP contribution in [0.25, 0.3) is 10.8 Å². The molecule has 2 aromatic rings. The Morgan fingerprint density at radius 3 is 2.20 bits per heavy atom. The van der Waals surface area contributed by atoms with Crippen LogP contribution >= 0.6 is 0 Å². The zero-order valence-electron chi connectivity index (χ0n) is 14.4. The molecule has 2 rings (SSSR count). The lowest BCUT2D eigenvalue weighted by molar-refractivity contribution is -0.143. The van der Waals surface area contributed by atoms with E-state index in [2.05, 4.69) is 10.6 Å². The molecule has 2 atom stereocenters. The predicted molar refractivity (Wildman–Crippen MR) is 95.3 cm³/mol. The summed E-state index contributed by atoms with van der Waals surface area (Å²) in [4.78, 5) is 35.9. The molecule has 2 unspecified atom stereocenters. The van der Waals surface area contributed by atoms with Crippen molar-refractivity contribution in [3.05, 3.63) is 48.0 Å². The maximum Gasteiger partial charge on any atom is 0.326 e. The first-order valence-electron chi connectivity index (χ1n) is 8.13. The molecular formula is C19H22N2O4. The first-order valence-corrected chi connectivity index (χ1v) is 8.13. The molecule has 2 amide bonds. The maximum absolute atomic E-state index is 12.5. The summed E-state index contributed by atoms with van der Waals surface area (Å²) in [5, 5.41) is 16.0. The molecule has 0 heterocycles. The molecule has 6 heteroatoms. The number of amides is 2. The minimum Gasteiger partial charge on any atom is -0.480 e. The number of carboxylic acids is 1. The van der Waals surface area contributed by atoms with Gasteiger partial charge in [0.25, 0.3) is 5.91 Å². The Balaban J connectivity index is 2.11. The maximum atomic E-state index is 12.5. The van der Waals surface area contributed by atoms with Crippen molar-refractivity contribution < 1.29 is 19.5 Å². The van der Waals surface area contributed by atoms with Gasteiger partial charge in [-0.05, 0) is 29.7 Å². The molecule has 132 valence electrons. The van der Waals surface area contributed by atoms with Gasteiger partial charge >= 0.3 is 5.97 Å². The van der Waals surface area contributed by atoms with Crippen molar-refractivity contribution in [2.24, 2.45) is 5.92 Å². The minimum atomic E-state index is -1.10. The van der Waals surface area contributed by atoms with E-state index >= 15 is 0 Å². The molecule has 0 spiro atoms. The van der Waals surface area contributed by atoms with Gasteiger partial charge in [-0.1, -0.05) is 50.2 Å². The van der Waals surface area contributed by atoms with E-state index in [9.17, 15) is 14.4 Å². The number of carbonyl (C=O) groups excluding carboxylic acids is 2. The summed E-state index contributed by atoms with van der Waals surface area (Å²) >= 11 is 0. The Morgan fingerprint density at radius 1 is 0.920 bits per heavy atom. The smallest absolute Gasteiger partial charge is 0.326 e. The summed E-state index contributed by atoms with van der Waals surface area (Å²) in [6.45, 7) is 4.94. The molecule has 0 saturated heterocycles. The quantitative estimate of drug-likeness (QED) is 0.750. The van der Waals surface area contributed by atoms with Crippen molar-refractivity contribution in [3.63, 3.8) is 0 Å². The van der Waals surface area contributed by atoms with Gasteiger partial charge in [0, 0.05) is 5.56 Å². The molecule has 0 fully saturated rings. The van der Waals surface area contributed by atoms with Crippen molar-refractivity contribution in [3.8, 4) is 0 Å². The van der Waals surface area contributed by atoms with Gasteiger partial charge in [0.1, 0.15) is 12.1 Å². The largest absolute Gasteiger partial charge is 0.480 e. The number of carboxylic acid groups (broad SMARTS) is 1. The van der Waals surface area contributed by atoms with E-state index < -0.39 is 24.0 Å². The number of fused-ring (bicyclic) bond motifs is 1. The molecule has 2 aromatic carbocycles. The molecule has 0 aliphatic rings. The third kappa shape index (κ3) is 4.35. The third-order valence-corrected chi connectivity index (χ3v) is 4.01. The van der Waals surface area contributed by atoms with Crippen LogP contribution in [0.3, 0.4) is 0 Å². The van der Waals surface area contributed by atoms with Gasteiger partial charge in [0.15, 0.2) is 0 Å². The molecule has 0 aliphatic carbocycles. The summed E-state index contributed by atoms with van der Waals surface area (Å²) in [6, 6.07) is 11.0. The molecule has 0 saturated carbocycles. The summed E-state index contributed by atoms with van der Waals surface area (Å²) in [5.74, 6) is -2.27. The van der Waals surface area contributed by atoms with E-state index in [0.717, 1.165) is 10.8 Å². The zero-order valence-corrected chi connectivity index (χ0v) is 14.4. The predicted octanol–water partition coefficient (Wildman–Crippen LogP) is 2.18. The van der Waals surface area contributed by atoms with Gasteiger partial charge in [0.05, 0.1) is 0 Å². The molecule has 3 N–H and O–H groups in total. The number of carbonyl (C=O) groups is 3. The van der Waals surface area contributed by atoms with Crippen LogP contribution in [0, 0.1) is 5.92 Å². The Morgan fingerprint density at radius 2 is 1.56 bits per heavy atom. The van der Waals surface area contributed by atoms with Crippen LogP contribution in [-0.2, 0) is 9.59 Å². The zero-order chi connectivity index (χ0) is 18.6. The molecular weight excluding hydrogens is 320 g/mol. The van der Waals surface area contributed by atoms with Crippen molar-refractivity contribution in [2.75, 3.05) is 0 Å². The fraction of sp³-hybridized carbons (Fsp3) is 0.316. The number of rotatable bonds is 6. The van der Waals surface area contributed by atoms with E-state index in [4.69, 9.17) is 5.11 Å². The highest BCUT2D eigenvalue weighted by Gasteiger charge is 2.26. The normalized spacial score (nSPS) is 13.3. The minimum absolute atomic E-state index is 0.262. The van der Waals surface area contributed by atoms with Gasteiger partial charge in [0.2, 0.25) is 5.91 Å². The lowest BCUT2D eigenvalue weighted by Gasteiger charge is -2.21. The highest BCUT2D eigenvalue weighted by Crippen LogP contribution is 2.18. The van der Waals surface area contributed by atoms with Crippen LogP contribution in [0.5, 0.6) is 0 Å². The van der Waals surface area contributed by atoms with Crippen LogP contribution < -0.4 is 10.6 Å². The van der Waals surface area contributed by atoms with Crippen LogP contribution in [0.15, 0.2) is 42.5 Å². The van der Waals surface area contributed by atoms with E-state index in [1.807, 2.05) is 30.3 Å². The molecule has 25 heavy (non-hydrogen) atoms. The lowest BCUT2D eigenvalue weighted by atomic mass is 10.0. The number of hydrogen-bond acceptors (Lipinski definition) is 3. The summed E-state index contributed by atoms with van der Waals surface area (Å²) in [5.41, 5.74) is 0.469. The first-order chi connectivity index (χ1) is 11.8. The second kappa shape index (κ2) is 7.79. The number of hydrogen-bond donors (Lipinski definition) is 3. The van der Waals surface area contributed by atoms with Gasteiger partial charge in [-0.25, -0.2) is 4.79 Å². The Bertz CT molecular complexity index is 796. The summed E-state index contributed by atoms with van der Waals surface area (Å²) in [7, 11) is 0. The molecule has 0 radical (unpaired) electrons. The fourth-order valence-corrected chi connectivity index (χ4v) is 2.56. The lowest BCUT2D eigenvalue weighted by Crippen LogP contribution is -2.52. The van der Waals surface area contributed by atoms with Gasteiger partial charge in [-0.15, -0.1) is 0 Å². The SMILES string of the molecule is CC(NC(=O)c1cccc2ccccc12)C(=O)NC(C(=O)O)C(C)C. The fourth-order valence-electron chi connectivity index (χ4n) is 2.56. The Kier molecular flexibility index (Phi) is 5.75. The van der Waals surface area contributed by atoms with Crippen LogP contribution in [0.4, 0.5) is 0 Å². The van der Waals surface area contributed by atoms with Gasteiger partial charge in [-0.3, -0.25) is 9.59 Å². The second-order valence-corrected chi connectivity index (χ2v) is 6.29.